The third kappa shape index (κ3) is 4.40. The number of hydrogen-bond acceptors (Lipinski definition) is 6. The fourth-order valence-electron chi connectivity index (χ4n) is 4.29. The highest BCUT2D eigenvalue weighted by Crippen LogP contribution is 2.39. The molecule has 1 atom stereocenters. The summed E-state index contributed by atoms with van der Waals surface area (Å²) in [6.45, 7) is 6.73. The number of carbonyl (C=O) groups excluding carboxylic acids is 2. The number of benzene rings is 2. The number of nitrogens with zero attached hydrogens (tertiary/aromatic N) is 2. The second kappa shape index (κ2) is 9.54. The van der Waals surface area contributed by atoms with Gasteiger partial charge in [-0.2, -0.15) is 0 Å². The molecule has 0 aliphatic carbocycles. The summed E-state index contributed by atoms with van der Waals surface area (Å²) in [6.07, 6.45) is 0. The molecule has 2 saturated heterocycles. The number of ketones is 1. The molecule has 2 aliphatic heterocycles. The van der Waals surface area contributed by atoms with Gasteiger partial charge in [0.15, 0.2) is 0 Å². The summed E-state index contributed by atoms with van der Waals surface area (Å²) < 4.78 is 5.18. The molecule has 2 aromatic rings. The lowest BCUT2D eigenvalue weighted by atomic mass is 9.94. The fraction of sp³-hybridized carbons (Fsp3) is 0.360. The first-order chi connectivity index (χ1) is 15.5. The molecule has 0 radical (unpaired) electrons. The number of carbonyl (C=O) groups is 2. The van der Waals surface area contributed by atoms with Crippen molar-refractivity contribution in [3.8, 4) is 5.75 Å². The van der Waals surface area contributed by atoms with Gasteiger partial charge < -0.3 is 20.1 Å². The molecule has 0 spiro atoms. The van der Waals surface area contributed by atoms with Crippen LogP contribution in [0.3, 0.4) is 0 Å². The average molecular weight is 436 g/mol. The summed E-state index contributed by atoms with van der Waals surface area (Å²) in [6, 6.07) is 13.9. The van der Waals surface area contributed by atoms with Gasteiger partial charge in [-0.1, -0.05) is 29.8 Å². The normalized spacial score (nSPS) is 21.2. The minimum absolute atomic E-state index is 0.129. The molecule has 7 heteroatoms. The Morgan fingerprint density at radius 2 is 1.69 bits per heavy atom. The molecule has 2 N–H and O–H groups in total. The zero-order valence-electron chi connectivity index (χ0n) is 18.5. The van der Waals surface area contributed by atoms with Crippen LogP contribution in [0.4, 0.5) is 0 Å². The molecule has 2 aromatic carbocycles. The molecule has 2 fully saturated rings. The number of amides is 1. The summed E-state index contributed by atoms with van der Waals surface area (Å²) in [5.41, 5.74) is 2.50. The molecular weight excluding hydrogens is 406 g/mol. The van der Waals surface area contributed by atoms with Crippen molar-refractivity contribution in [2.24, 2.45) is 0 Å². The van der Waals surface area contributed by atoms with E-state index in [0.717, 1.165) is 37.3 Å². The molecule has 1 amide bonds. The van der Waals surface area contributed by atoms with Gasteiger partial charge in [0.25, 0.3) is 11.7 Å². The van der Waals surface area contributed by atoms with Crippen molar-refractivity contribution in [3.05, 3.63) is 70.8 Å². The van der Waals surface area contributed by atoms with Gasteiger partial charge in [0.2, 0.25) is 0 Å². The Kier molecular flexibility index (Phi) is 6.58. The second-order valence-electron chi connectivity index (χ2n) is 8.22. The third-order valence-corrected chi connectivity index (χ3v) is 6.16. The smallest absolute Gasteiger partial charge is 0.295 e. The molecule has 2 heterocycles. The minimum atomic E-state index is -0.649. The van der Waals surface area contributed by atoms with Crippen molar-refractivity contribution in [2.75, 3.05) is 46.4 Å². The predicted octanol–water partition coefficient (Wildman–Crippen LogP) is 2.33. The molecule has 4 rings (SSSR count). The number of aliphatic hydroxyl groups is 1. The van der Waals surface area contributed by atoms with E-state index < -0.39 is 17.7 Å². The first-order valence-electron chi connectivity index (χ1n) is 10.9. The van der Waals surface area contributed by atoms with Crippen LogP contribution in [-0.4, -0.2) is 73.0 Å². The van der Waals surface area contributed by atoms with E-state index in [0.29, 0.717) is 24.4 Å². The highest BCUT2D eigenvalue weighted by atomic mass is 16.5. The van der Waals surface area contributed by atoms with Gasteiger partial charge >= 0.3 is 0 Å². The Balaban J connectivity index is 1.71. The number of likely N-dealkylation sites (tertiary alicyclic amines) is 1. The van der Waals surface area contributed by atoms with Crippen molar-refractivity contribution in [2.45, 2.75) is 13.0 Å². The lowest BCUT2D eigenvalue weighted by molar-refractivity contribution is -0.140. The Bertz CT molecular complexity index is 1010. The number of ether oxygens (including phenoxy) is 1. The Morgan fingerprint density at radius 1 is 1.03 bits per heavy atom. The van der Waals surface area contributed by atoms with Gasteiger partial charge in [-0.25, -0.2) is 0 Å². The highest BCUT2D eigenvalue weighted by molar-refractivity contribution is 6.46. The molecule has 168 valence electrons. The highest BCUT2D eigenvalue weighted by Gasteiger charge is 2.46. The number of nitrogens with one attached hydrogen (secondary N) is 1. The third-order valence-electron chi connectivity index (χ3n) is 6.16. The quantitative estimate of drug-likeness (QED) is 0.412. The predicted molar refractivity (Wildman–Crippen MR) is 122 cm³/mol. The molecule has 0 saturated carbocycles. The molecule has 32 heavy (non-hydrogen) atoms. The maximum absolute atomic E-state index is 13.1. The number of aryl methyl sites for hydroxylation is 1. The van der Waals surface area contributed by atoms with Crippen LogP contribution in [0.1, 0.15) is 22.7 Å². The first kappa shape index (κ1) is 22.0. The Hall–Kier alpha value is -3.16. The van der Waals surface area contributed by atoms with Crippen molar-refractivity contribution < 1.29 is 19.4 Å². The second-order valence-corrected chi connectivity index (χ2v) is 8.22. The summed E-state index contributed by atoms with van der Waals surface area (Å²) in [4.78, 5) is 30.0. The average Bonchev–Trinajstić information content (AvgIpc) is 3.08. The minimum Gasteiger partial charge on any atom is -0.507 e. The first-order valence-corrected chi connectivity index (χ1v) is 10.9. The van der Waals surface area contributed by atoms with E-state index in [2.05, 4.69) is 10.2 Å². The van der Waals surface area contributed by atoms with Crippen LogP contribution >= 0.6 is 0 Å². The zero-order valence-corrected chi connectivity index (χ0v) is 18.5. The van der Waals surface area contributed by atoms with E-state index in [1.165, 1.54) is 0 Å². The van der Waals surface area contributed by atoms with Gasteiger partial charge in [-0.3, -0.25) is 14.5 Å². The molecule has 0 bridgehead atoms. The van der Waals surface area contributed by atoms with Gasteiger partial charge in [0, 0.05) is 44.8 Å². The van der Waals surface area contributed by atoms with E-state index in [1.807, 2.05) is 31.2 Å². The van der Waals surface area contributed by atoms with E-state index >= 15 is 0 Å². The van der Waals surface area contributed by atoms with Gasteiger partial charge in [-0.15, -0.1) is 0 Å². The Morgan fingerprint density at radius 3 is 2.31 bits per heavy atom. The molecule has 7 nitrogen and oxygen atoms in total. The largest absolute Gasteiger partial charge is 0.507 e. The van der Waals surface area contributed by atoms with E-state index in [9.17, 15) is 14.7 Å². The van der Waals surface area contributed by atoms with Crippen molar-refractivity contribution in [1.29, 1.82) is 0 Å². The van der Waals surface area contributed by atoms with Crippen LogP contribution < -0.4 is 10.1 Å². The summed E-state index contributed by atoms with van der Waals surface area (Å²) in [7, 11) is 1.57. The van der Waals surface area contributed by atoms with Crippen LogP contribution in [-0.2, 0) is 9.59 Å². The van der Waals surface area contributed by atoms with E-state index in [1.54, 1.807) is 36.3 Å². The summed E-state index contributed by atoms with van der Waals surface area (Å²) >= 11 is 0. The maximum Gasteiger partial charge on any atom is 0.295 e. The zero-order chi connectivity index (χ0) is 22.7. The van der Waals surface area contributed by atoms with Crippen molar-refractivity contribution in [1.82, 2.24) is 15.1 Å². The maximum atomic E-state index is 13.1. The molecule has 1 unspecified atom stereocenters. The monoisotopic (exact) mass is 435 g/mol. The van der Waals surface area contributed by atoms with Crippen molar-refractivity contribution >= 4 is 17.4 Å². The van der Waals surface area contributed by atoms with Crippen LogP contribution in [0.25, 0.3) is 5.76 Å². The van der Waals surface area contributed by atoms with E-state index in [4.69, 9.17) is 4.74 Å². The molecule has 2 aliphatic rings. The molecule has 0 aromatic heterocycles. The SMILES string of the molecule is COc1ccc(/C(O)=C2/C(=O)C(=O)N(CCN3CCNCC3)C2c2ccc(C)cc2)cc1. The topological polar surface area (TPSA) is 82.1 Å². The van der Waals surface area contributed by atoms with Crippen LogP contribution in [0, 0.1) is 6.92 Å². The van der Waals surface area contributed by atoms with Gasteiger partial charge in [0.05, 0.1) is 18.7 Å². The number of Topliss-reactive ketones (excluding diaryl/α,β-unsaturated/α-hetero) is 1. The van der Waals surface area contributed by atoms with Crippen LogP contribution in [0.2, 0.25) is 0 Å². The standard InChI is InChI=1S/C25H29N3O4/c1-17-3-5-18(6-4-17)22-21(23(29)19-7-9-20(32-2)10-8-19)24(30)25(31)28(22)16-15-27-13-11-26-12-14-27/h3-10,22,26,29H,11-16H2,1-2H3/b23-21-. The summed E-state index contributed by atoms with van der Waals surface area (Å²) in [5, 5.41) is 14.4. The Labute approximate surface area is 188 Å². The lowest BCUT2D eigenvalue weighted by Gasteiger charge is -2.31. The number of rotatable bonds is 6. The lowest BCUT2D eigenvalue weighted by Crippen LogP contribution is -2.46. The number of hydrogen-bond donors (Lipinski definition) is 2. The number of piperazine rings is 1. The van der Waals surface area contributed by atoms with Crippen LogP contribution in [0.5, 0.6) is 5.75 Å². The van der Waals surface area contributed by atoms with Crippen LogP contribution in [0.15, 0.2) is 54.1 Å². The van der Waals surface area contributed by atoms with Crippen molar-refractivity contribution in [3.63, 3.8) is 0 Å². The summed E-state index contributed by atoms with van der Waals surface area (Å²) in [5.74, 6) is -0.737. The van der Waals surface area contributed by atoms with Gasteiger partial charge in [-0.05, 0) is 36.8 Å². The fourth-order valence-corrected chi connectivity index (χ4v) is 4.29. The number of methoxy groups -OCH3 is 1. The number of aliphatic hydroxyl groups excluding tert-OH is 1. The molecular formula is C25H29N3O4. The van der Waals surface area contributed by atoms with E-state index in [-0.39, 0.29) is 11.3 Å². The van der Waals surface area contributed by atoms with Gasteiger partial charge in [0.1, 0.15) is 11.5 Å².